The van der Waals surface area contributed by atoms with Gasteiger partial charge >= 0.3 is 6.18 Å². The van der Waals surface area contributed by atoms with E-state index in [1.165, 1.54) is 13.0 Å². The molecule has 0 bridgehead atoms. The van der Waals surface area contributed by atoms with E-state index in [0.717, 1.165) is 12.1 Å². The van der Waals surface area contributed by atoms with Gasteiger partial charge in [0.1, 0.15) is 12.4 Å². The number of aliphatic imine (C=N–C) groups is 1. The van der Waals surface area contributed by atoms with Crippen molar-refractivity contribution < 1.29 is 22.7 Å². The summed E-state index contributed by atoms with van der Waals surface area (Å²) in [5.74, 6) is 0.917. The van der Waals surface area contributed by atoms with Crippen LogP contribution >= 0.6 is 24.0 Å². The van der Waals surface area contributed by atoms with E-state index in [-0.39, 0.29) is 36.4 Å². The molecule has 10 heteroatoms. The lowest BCUT2D eigenvalue weighted by molar-refractivity contribution is -0.137. The fourth-order valence-corrected chi connectivity index (χ4v) is 2.56. The number of amides is 1. The Labute approximate surface area is 196 Å². The molecule has 170 valence electrons. The summed E-state index contributed by atoms with van der Waals surface area (Å²) in [5, 5.41) is 8.80. The maximum absolute atomic E-state index is 12.8. The molecule has 6 nitrogen and oxygen atoms in total. The average molecular weight is 550 g/mol. The highest BCUT2D eigenvalue weighted by Crippen LogP contribution is 2.29. The highest BCUT2D eigenvalue weighted by molar-refractivity contribution is 14.0. The van der Waals surface area contributed by atoms with Gasteiger partial charge in [0.25, 0.3) is 0 Å². The molecule has 0 saturated heterocycles. The van der Waals surface area contributed by atoms with Crippen molar-refractivity contribution in [3.05, 3.63) is 59.7 Å². The van der Waals surface area contributed by atoms with E-state index in [2.05, 4.69) is 20.9 Å². The van der Waals surface area contributed by atoms with E-state index >= 15 is 0 Å². The number of ether oxygens (including phenoxy) is 1. The third-order valence-corrected chi connectivity index (χ3v) is 3.84. The second kappa shape index (κ2) is 13.0. The molecule has 0 atom stereocenters. The van der Waals surface area contributed by atoms with Crippen molar-refractivity contribution in [1.82, 2.24) is 10.6 Å². The molecular weight excluding hydrogens is 524 g/mol. The number of nitrogens with zero attached hydrogens (tertiary/aromatic N) is 1. The van der Waals surface area contributed by atoms with Gasteiger partial charge in [-0.3, -0.25) is 4.79 Å². The monoisotopic (exact) mass is 550 g/mol. The molecule has 0 heterocycles. The van der Waals surface area contributed by atoms with Gasteiger partial charge in [0.15, 0.2) is 5.96 Å². The van der Waals surface area contributed by atoms with Crippen LogP contribution in [0.1, 0.15) is 25.0 Å². The van der Waals surface area contributed by atoms with Crippen molar-refractivity contribution in [3.63, 3.8) is 0 Å². The minimum Gasteiger partial charge on any atom is -0.492 e. The Morgan fingerprint density at radius 1 is 1.10 bits per heavy atom. The zero-order valence-corrected chi connectivity index (χ0v) is 19.6. The molecule has 3 N–H and O–H groups in total. The summed E-state index contributed by atoms with van der Waals surface area (Å²) in [6, 6.07) is 12.1. The van der Waals surface area contributed by atoms with Crippen molar-refractivity contribution in [2.45, 2.75) is 26.6 Å². The van der Waals surface area contributed by atoms with Crippen molar-refractivity contribution in [1.29, 1.82) is 0 Å². The van der Waals surface area contributed by atoms with Gasteiger partial charge in [-0.15, -0.1) is 24.0 Å². The minimum absolute atomic E-state index is 0. The highest BCUT2D eigenvalue weighted by Gasteiger charge is 2.30. The predicted molar refractivity (Wildman–Crippen MR) is 126 cm³/mol. The first-order chi connectivity index (χ1) is 14.3. The number of anilines is 1. The van der Waals surface area contributed by atoms with Crippen LogP contribution in [0.2, 0.25) is 0 Å². The first-order valence-corrected chi connectivity index (χ1v) is 9.46. The van der Waals surface area contributed by atoms with Crippen LogP contribution in [0.4, 0.5) is 18.9 Å². The minimum atomic E-state index is -4.38. The lowest BCUT2D eigenvalue weighted by Crippen LogP contribution is -2.39. The first-order valence-electron chi connectivity index (χ1n) is 9.46. The number of rotatable bonds is 8. The smallest absolute Gasteiger partial charge is 0.416 e. The second-order valence-electron chi connectivity index (χ2n) is 6.38. The maximum atomic E-state index is 12.8. The van der Waals surface area contributed by atoms with E-state index in [0.29, 0.717) is 42.7 Å². The Kier molecular flexibility index (Phi) is 11.2. The van der Waals surface area contributed by atoms with Gasteiger partial charge in [0.2, 0.25) is 5.91 Å². The summed E-state index contributed by atoms with van der Waals surface area (Å²) < 4.78 is 44.1. The molecule has 2 rings (SSSR count). The Morgan fingerprint density at radius 2 is 1.84 bits per heavy atom. The van der Waals surface area contributed by atoms with Gasteiger partial charge in [0, 0.05) is 25.2 Å². The first kappa shape index (κ1) is 26.5. The normalized spacial score (nSPS) is 11.3. The van der Waals surface area contributed by atoms with Crippen LogP contribution in [0.3, 0.4) is 0 Å². The van der Waals surface area contributed by atoms with Gasteiger partial charge in [0.05, 0.1) is 18.7 Å². The number of halogens is 4. The SMILES string of the molecule is CCNC(=NCc1cccc(C(F)(F)F)c1)NCCOc1cccc(NC(C)=O)c1.I. The van der Waals surface area contributed by atoms with Crippen LogP contribution in [0.5, 0.6) is 5.75 Å². The van der Waals surface area contributed by atoms with Crippen LogP contribution in [-0.2, 0) is 17.5 Å². The molecule has 0 fully saturated rings. The van der Waals surface area contributed by atoms with Crippen LogP contribution in [-0.4, -0.2) is 31.6 Å². The number of hydrogen-bond acceptors (Lipinski definition) is 3. The molecule has 0 saturated carbocycles. The third kappa shape index (κ3) is 9.90. The van der Waals surface area contributed by atoms with Crippen molar-refractivity contribution in [3.8, 4) is 5.75 Å². The van der Waals surface area contributed by atoms with E-state index in [9.17, 15) is 18.0 Å². The van der Waals surface area contributed by atoms with E-state index < -0.39 is 11.7 Å². The summed E-state index contributed by atoms with van der Waals surface area (Å²) in [6.07, 6.45) is -4.38. The zero-order valence-electron chi connectivity index (χ0n) is 17.3. The van der Waals surface area contributed by atoms with Gasteiger partial charge in [-0.1, -0.05) is 18.2 Å². The highest BCUT2D eigenvalue weighted by atomic mass is 127. The van der Waals surface area contributed by atoms with E-state index in [1.54, 1.807) is 30.3 Å². The van der Waals surface area contributed by atoms with E-state index in [4.69, 9.17) is 4.74 Å². The Balaban J connectivity index is 0.00000480. The standard InChI is InChI=1S/C21H25F3N4O2.HI/c1-3-25-20(27-14-16-6-4-7-17(12-16)21(22,23)24)26-10-11-30-19-9-5-8-18(13-19)28-15(2)29;/h4-9,12-13H,3,10-11,14H2,1-2H3,(H,28,29)(H2,25,26,27);1H. The lowest BCUT2D eigenvalue weighted by atomic mass is 10.1. The molecule has 0 spiro atoms. The number of guanidine groups is 1. The predicted octanol–water partition coefficient (Wildman–Crippen LogP) is 4.42. The van der Waals surface area contributed by atoms with Crippen molar-refractivity contribution >= 4 is 41.5 Å². The molecule has 0 aromatic heterocycles. The zero-order chi connectivity index (χ0) is 22.0. The molecule has 2 aromatic rings. The average Bonchev–Trinajstić information content (AvgIpc) is 2.68. The van der Waals surface area contributed by atoms with Gasteiger partial charge in [-0.2, -0.15) is 13.2 Å². The summed E-state index contributed by atoms with van der Waals surface area (Å²) >= 11 is 0. The van der Waals surface area contributed by atoms with Gasteiger partial charge in [-0.05, 0) is 36.8 Å². The van der Waals surface area contributed by atoms with Gasteiger partial charge < -0.3 is 20.7 Å². The summed E-state index contributed by atoms with van der Waals surface area (Å²) in [4.78, 5) is 15.4. The molecule has 0 aliphatic rings. The summed E-state index contributed by atoms with van der Waals surface area (Å²) in [5.41, 5.74) is 0.417. The van der Waals surface area contributed by atoms with Crippen LogP contribution < -0.4 is 20.7 Å². The fourth-order valence-electron chi connectivity index (χ4n) is 2.56. The fraction of sp³-hybridized carbons (Fsp3) is 0.333. The van der Waals surface area contributed by atoms with Crippen LogP contribution in [0, 0.1) is 0 Å². The summed E-state index contributed by atoms with van der Waals surface area (Å²) in [7, 11) is 0. The number of alkyl halides is 3. The Morgan fingerprint density at radius 3 is 2.52 bits per heavy atom. The number of nitrogens with one attached hydrogen (secondary N) is 3. The number of hydrogen-bond donors (Lipinski definition) is 3. The largest absolute Gasteiger partial charge is 0.492 e. The number of carbonyl (C=O) groups is 1. The quantitative estimate of drug-likeness (QED) is 0.197. The molecule has 0 aliphatic carbocycles. The molecule has 2 aromatic carbocycles. The lowest BCUT2D eigenvalue weighted by Gasteiger charge is -2.13. The summed E-state index contributed by atoms with van der Waals surface area (Å²) in [6.45, 7) is 4.80. The van der Waals surface area contributed by atoms with Crippen LogP contribution in [0.15, 0.2) is 53.5 Å². The molecule has 1 amide bonds. The maximum Gasteiger partial charge on any atom is 0.416 e. The van der Waals surface area contributed by atoms with E-state index in [1.807, 2.05) is 6.92 Å². The van der Waals surface area contributed by atoms with Gasteiger partial charge in [-0.25, -0.2) is 4.99 Å². The molecule has 0 unspecified atom stereocenters. The number of carbonyl (C=O) groups excluding carboxylic acids is 1. The van der Waals surface area contributed by atoms with Crippen molar-refractivity contribution in [2.24, 2.45) is 4.99 Å². The third-order valence-electron chi connectivity index (χ3n) is 3.84. The Bertz CT molecular complexity index is 876. The Hall–Kier alpha value is -2.50. The molecule has 0 radical (unpaired) electrons. The molecule has 0 aliphatic heterocycles. The van der Waals surface area contributed by atoms with Crippen molar-refractivity contribution in [2.75, 3.05) is 25.0 Å². The molecule has 31 heavy (non-hydrogen) atoms. The number of benzene rings is 2. The molecular formula is C21H26F3IN4O2. The van der Waals surface area contributed by atoms with Crippen LogP contribution in [0.25, 0.3) is 0 Å². The second-order valence-corrected chi connectivity index (χ2v) is 6.38. The topological polar surface area (TPSA) is 74.8 Å².